The Morgan fingerprint density at radius 3 is 0.444 bits per heavy atom. The van der Waals surface area contributed by atoms with Crippen molar-refractivity contribution in [1.29, 1.82) is 0 Å². The van der Waals surface area contributed by atoms with E-state index in [9.17, 15) is 0 Å². The molecule has 0 spiro atoms. The van der Waals surface area contributed by atoms with E-state index in [0.29, 0.717) is 0 Å². The van der Waals surface area contributed by atoms with Gasteiger partial charge >= 0.3 is 15.3 Å². The van der Waals surface area contributed by atoms with E-state index in [1.807, 2.05) is 0 Å². The maximum absolute atomic E-state index is 8.47. The Hall–Kier alpha value is -1.35. The summed E-state index contributed by atoms with van der Waals surface area (Å²) in [6, 6.07) is 0. The minimum Gasteiger partial charge on any atom is -0.412 e. The summed E-state index contributed by atoms with van der Waals surface area (Å²) in [6.07, 6.45) is 0. The Labute approximate surface area is 126 Å². The first-order chi connectivity index (χ1) is 5.20. The zero-order valence-corrected chi connectivity index (χ0v) is 9.89. The Balaban J connectivity index is -0.00000000827. The van der Waals surface area contributed by atoms with Crippen LogP contribution in [0.4, 0.5) is 0 Å². The molecule has 0 aromatic carbocycles. The summed E-state index contributed by atoms with van der Waals surface area (Å²) in [4.78, 5) is 25.4. The van der Waals surface area contributed by atoms with Crippen molar-refractivity contribution in [3.8, 4) is 0 Å². The molecule has 16 N–H and O–H groups in total. The standard InChI is InChI=1S/Er.3H2NO3.5H2O/c;3*2-1(3)4;;;;;/h;3*(H2,2,3,4);5*1H2/q;3*+1;;;;;. The molecule has 0 saturated heterocycles. The zero-order chi connectivity index (χ0) is 10.7. The molecule has 0 radical (unpaired) electrons. The fraction of sp³-hybridized carbons (Fsp3) is 0. The van der Waals surface area contributed by atoms with Crippen LogP contribution in [-0.2, 0) is 0 Å². The van der Waals surface area contributed by atoms with E-state index >= 15 is 0 Å². The van der Waals surface area contributed by atoms with Crippen LogP contribution in [0.2, 0.25) is 0 Å². The second kappa shape index (κ2) is 57.4. The molecule has 17 nitrogen and oxygen atoms in total. The van der Waals surface area contributed by atoms with Gasteiger partial charge in [-0.15, -0.1) is 0 Å². The summed E-state index contributed by atoms with van der Waals surface area (Å²) in [5.41, 5.74) is 0. The Morgan fingerprint density at radius 2 is 0.444 bits per heavy atom. The molecule has 18 heteroatoms. The first-order valence-corrected chi connectivity index (χ1v) is 1.75. The van der Waals surface area contributed by atoms with Gasteiger partial charge in [0.1, 0.15) is 14.7 Å². The molecule has 0 fully saturated rings. The summed E-state index contributed by atoms with van der Waals surface area (Å²) in [6.45, 7) is 0. The van der Waals surface area contributed by atoms with E-state index in [-0.39, 0.29) is 64.7 Å². The molecule has 0 aliphatic heterocycles. The van der Waals surface area contributed by atoms with Crippen molar-refractivity contribution in [2.75, 3.05) is 0 Å². The molecule has 0 atom stereocenters. The minimum absolute atomic E-state index is 0. The second-order valence-corrected chi connectivity index (χ2v) is 0.758. The van der Waals surface area contributed by atoms with E-state index in [1.54, 1.807) is 0 Å². The molecular weight excluding hydrogens is 433 g/mol. The van der Waals surface area contributed by atoms with E-state index < -0.39 is 15.3 Å². The molecule has 0 aliphatic rings. The third-order valence-electron chi connectivity index (χ3n) is 0. The second-order valence-electron chi connectivity index (χ2n) is 0.758. The molecule has 0 rings (SSSR count). The predicted molar refractivity (Wildman–Crippen MR) is 39.7 cm³/mol. The number of hydrogen-bond donors (Lipinski definition) is 6. The van der Waals surface area contributed by atoms with Crippen molar-refractivity contribution < 1.29 is 111 Å². The Bertz CT molecular complexity index is 115. The molecule has 0 saturated carbocycles. The molecule has 0 amide bonds. The number of rotatable bonds is 0. The Morgan fingerprint density at radius 1 is 0.444 bits per heavy atom. The minimum atomic E-state index is -1.25. The molecular formula is H16ErN3O14+3. The average molecular weight is 449 g/mol. The topological polar surface area (TPSA) is 339 Å². The normalized spacial score (nSPS) is 4.00. The first-order valence-electron chi connectivity index (χ1n) is 1.75. The maximum Gasteiger partial charge on any atom is 0.472 e. The number of hydrogen-bond acceptors (Lipinski definition) is 3. The van der Waals surface area contributed by atoms with Gasteiger partial charge in [0.15, 0.2) is 0 Å². The van der Waals surface area contributed by atoms with Crippen LogP contribution in [0.1, 0.15) is 0 Å². The molecule has 0 aromatic rings. The largest absolute Gasteiger partial charge is 0.472 e. The smallest absolute Gasteiger partial charge is 0.412 e. The SMILES string of the molecule is O.O.O.O.O.O=[N+](O)O.O=[N+](O)O.O=[N+](O)O.[Er]. The van der Waals surface area contributed by atoms with Crippen LogP contribution in [0.25, 0.3) is 0 Å². The van der Waals surface area contributed by atoms with Gasteiger partial charge < -0.3 is 27.4 Å². The molecule has 0 aliphatic carbocycles. The van der Waals surface area contributed by atoms with Crippen LogP contribution in [0.3, 0.4) is 0 Å². The van der Waals surface area contributed by atoms with Gasteiger partial charge in [0, 0.05) is 37.3 Å². The average Bonchev–Trinajstić information content (AvgIpc) is 1.54. The van der Waals surface area contributed by atoms with Crippen LogP contribution >= 0.6 is 0 Å². The third-order valence-corrected chi connectivity index (χ3v) is 0. The van der Waals surface area contributed by atoms with Crippen molar-refractivity contribution >= 4 is 0 Å². The quantitative estimate of drug-likeness (QED) is 0.192. The van der Waals surface area contributed by atoms with E-state index in [4.69, 9.17) is 46.0 Å². The van der Waals surface area contributed by atoms with Gasteiger partial charge in [-0.25, -0.2) is 31.2 Å². The summed E-state index contributed by atoms with van der Waals surface area (Å²) in [5.74, 6) is 0. The van der Waals surface area contributed by atoms with Gasteiger partial charge in [-0.05, 0) is 0 Å². The fourth-order valence-corrected chi connectivity index (χ4v) is 0. The summed E-state index contributed by atoms with van der Waals surface area (Å²) < 4.78 is 0. The van der Waals surface area contributed by atoms with Crippen molar-refractivity contribution in [3.05, 3.63) is 14.7 Å². The molecule has 124 valence electrons. The van der Waals surface area contributed by atoms with Gasteiger partial charge in [0.05, 0.1) is 0 Å². The number of nitrogens with zero attached hydrogens (tertiary/aromatic N) is 3. The molecule has 0 unspecified atom stereocenters. The van der Waals surface area contributed by atoms with Crippen LogP contribution in [0.5, 0.6) is 0 Å². The molecule has 0 heterocycles. The zero-order valence-electron chi connectivity index (χ0n) is 8.04. The van der Waals surface area contributed by atoms with Crippen LogP contribution < -0.4 is 0 Å². The first kappa shape index (κ1) is 69.7. The molecule has 18 heavy (non-hydrogen) atoms. The van der Waals surface area contributed by atoms with E-state index in [2.05, 4.69) is 0 Å². The maximum atomic E-state index is 8.47. The van der Waals surface area contributed by atoms with Crippen molar-refractivity contribution in [1.82, 2.24) is 0 Å². The Kier molecular flexibility index (Phi) is 222. The fourth-order valence-electron chi connectivity index (χ4n) is 0. The van der Waals surface area contributed by atoms with Crippen LogP contribution in [0.15, 0.2) is 0 Å². The van der Waals surface area contributed by atoms with Crippen LogP contribution in [0, 0.1) is 52.0 Å². The van der Waals surface area contributed by atoms with Gasteiger partial charge in [0.25, 0.3) is 0 Å². The monoisotopic (exact) mass is 448 g/mol. The van der Waals surface area contributed by atoms with E-state index in [1.165, 1.54) is 0 Å². The van der Waals surface area contributed by atoms with E-state index in [0.717, 1.165) is 0 Å². The van der Waals surface area contributed by atoms with Crippen molar-refractivity contribution in [3.63, 3.8) is 0 Å². The summed E-state index contributed by atoms with van der Waals surface area (Å²) in [7, 11) is 0. The van der Waals surface area contributed by atoms with Gasteiger partial charge in [-0.2, -0.15) is 0 Å². The van der Waals surface area contributed by atoms with Crippen LogP contribution in [-0.4, -0.2) is 73.9 Å². The summed E-state index contributed by atoms with van der Waals surface area (Å²) >= 11 is 0. The van der Waals surface area contributed by atoms with Gasteiger partial charge in [-0.1, -0.05) is 0 Å². The summed E-state index contributed by atoms with van der Waals surface area (Å²) in [5, 5.41) is 37.6. The third kappa shape index (κ3) is 1490. The molecule has 0 bridgehead atoms. The van der Waals surface area contributed by atoms with Gasteiger partial charge in [-0.3, -0.25) is 0 Å². The van der Waals surface area contributed by atoms with Crippen molar-refractivity contribution in [2.24, 2.45) is 0 Å². The molecule has 0 aromatic heterocycles. The van der Waals surface area contributed by atoms with Gasteiger partial charge in [0.2, 0.25) is 0 Å². The van der Waals surface area contributed by atoms with Crippen molar-refractivity contribution in [2.45, 2.75) is 0 Å². The predicted octanol–water partition coefficient (Wildman–Crippen LogP) is -5.49.